The number of likely N-dealkylation sites (tertiary alicyclic amines) is 1. The van der Waals surface area contributed by atoms with Gasteiger partial charge < -0.3 is 20.1 Å². The Hall–Kier alpha value is -3.35. The lowest BCUT2D eigenvalue weighted by Crippen LogP contribution is -2.53. The van der Waals surface area contributed by atoms with Crippen LogP contribution < -0.4 is 5.32 Å². The molecule has 7 nitrogen and oxygen atoms in total. The summed E-state index contributed by atoms with van der Waals surface area (Å²) in [6.07, 6.45) is 0.519. The Morgan fingerprint density at radius 2 is 1.66 bits per heavy atom. The number of rotatable bonds is 8. The molecule has 2 amide bonds. The first-order chi connectivity index (χ1) is 15.5. The van der Waals surface area contributed by atoms with Gasteiger partial charge in [0.25, 0.3) is 0 Å². The van der Waals surface area contributed by atoms with Crippen molar-refractivity contribution in [3.63, 3.8) is 0 Å². The fraction of sp³-hybridized carbons (Fsp3) is 0.400. The van der Waals surface area contributed by atoms with Crippen LogP contribution in [-0.4, -0.2) is 54.2 Å². The normalized spacial score (nSPS) is 16.0. The molecule has 0 aromatic heterocycles. The lowest BCUT2D eigenvalue weighted by molar-refractivity contribution is -0.153. The summed E-state index contributed by atoms with van der Waals surface area (Å²) in [6, 6.07) is 16.4. The maximum absolute atomic E-state index is 12.4. The molecule has 1 aliphatic heterocycles. The van der Waals surface area contributed by atoms with E-state index in [-0.39, 0.29) is 43.9 Å². The predicted octanol–water partition coefficient (Wildman–Crippen LogP) is 3.48. The zero-order chi connectivity index (χ0) is 22.7. The van der Waals surface area contributed by atoms with Crippen LogP contribution in [0.1, 0.15) is 36.8 Å². The number of alkyl carbamates (subject to hydrolysis) is 1. The van der Waals surface area contributed by atoms with E-state index in [1.165, 1.54) is 11.1 Å². The molecule has 2 aromatic rings. The second-order valence-electron chi connectivity index (χ2n) is 8.52. The van der Waals surface area contributed by atoms with E-state index in [4.69, 9.17) is 9.84 Å². The monoisotopic (exact) mass is 436 g/mol. The Kier molecular flexibility index (Phi) is 6.44. The molecule has 4 rings (SSSR count). The molecule has 7 heteroatoms. The van der Waals surface area contributed by atoms with Crippen molar-refractivity contribution in [2.45, 2.75) is 25.7 Å². The number of amides is 2. The van der Waals surface area contributed by atoms with Gasteiger partial charge in [-0.15, -0.1) is 0 Å². The summed E-state index contributed by atoms with van der Waals surface area (Å²) in [5.41, 5.74) is 4.68. The summed E-state index contributed by atoms with van der Waals surface area (Å²) in [4.78, 5) is 37.1. The maximum atomic E-state index is 12.4. The number of carboxylic acids is 1. The Morgan fingerprint density at radius 1 is 1.06 bits per heavy atom. The van der Waals surface area contributed by atoms with Crippen LogP contribution in [0, 0.1) is 11.8 Å². The third-order valence-electron chi connectivity index (χ3n) is 6.50. The molecule has 0 spiro atoms. The van der Waals surface area contributed by atoms with Gasteiger partial charge in [-0.3, -0.25) is 9.59 Å². The van der Waals surface area contributed by atoms with Gasteiger partial charge in [-0.2, -0.15) is 0 Å². The SMILES string of the molecule is CCC(CNC(=O)OCC1c2ccccc2-c2ccccc21)CC(=O)N1CC(C(=O)O)C1. The van der Waals surface area contributed by atoms with Crippen LogP contribution in [0.3, 0.4) is 0 Å². The fourth-order valence-electron chi connectivity index (χ4n) is 4.45. The van der Waals surface area contributed by atoms with Gasteiger partial charge in [-0.1, -0.05) is 61.9 Å². The number of carboxylic acid groups (broad SMARTS) is 1. The molecule has 0 radical (unpaired) electrons. The minimum Gasteiger partial charge on any atom is -0.481 e. The Labute approximate surface area is 187 Å². The largest absolute Gasteiger partial charge is 0.481 e. The second-order valence-corrected chi connectivity index (χ2v) is 8.52. The minimum atomic E-state index is -0.863. The molecule has 1 heterocycles. The first kappa shape index (κ1) is 21.9. The minimum absolute atomic E-state index is 0.00491. The molecular weight excluding hydrogens is 408 g/mol. The highest BCUT2D eigenvalue weighted by atomic mass is 16.5. The number of nitrogens with zero attached hydrogens (tertiary/aromatic N) is 1. The van der Waals surface area contributed by atoms with Crippen LogP contribution in [0.5, 0.6) is 0 Å². The topological polar surface area (TPSA) is 95.9 Å². The van der Waals surface area contributed by atoms with E-state index in [1.807, 2.05) is 31.2 Å². The molecule has 1 atom stereocenters. The molecule has 1 aliphatic carbocycles. The highest BCUT2D eigenvalue weighted by molar-refractivity contribution is 5.81. The number of hydrogen-bond acceptors (Lipinski definition) is 4. The van der Waals surface area contributed by atoms with Crippen molar-refractivity contribution in [1.29, 1.82) is 0 Å². The molecule has 32 heavy (non-hydrogen) atoms. The van der Waals surface area contributed by atoms with E-state index in [1.54, 1.807) is 4.90 Å². The molecule has 1 saturated heterocycles. The van der Waals surface area contributed by atoms with Crippen LogP contribution in [0.4, 0.5) is 4.79 Å². The van der Waals surface area contributed by atoms with E-state index in [0.29, 0.717) is 6.54 Å². The molecular formula is C25H28N2O5. The number of benzene rings is 2. The van der Waals surface area contributed by atoms with Crippen LogP contribution in [0.2, 0.25) is 0 Å². The second kappa shape index (κ2) is 9.42. The highest BCUT2D eigenvalue weighted by Gasteiger charge is 2.36. The number of nitrogens with one attached hydrogen (secondary N) is 1. The number of aliphatic carboxylic acids is 1. The number of carbonyl (C=O) groups excluding carboxylic acids is 2. The quantitative estimate of drug-likeness (QED) is 0.661. The van der Waals surface area contributed by atoms with Gasteiger partial charge in [0.1, 0.15) is 6.61 Å². The fourth-order valence-corrected chi connectivity index (χ4v) is 4.45. The number of carbonyl (C=O) groups is 3. The van der Waals surface area contributed by atoms with Crippen LogP contribution in [-0.2, 0) is 14.3 Å². The van der Waals surface area contributed by atoms with Crippen LogP contribution in [0.25, 0.3) is 11.1 Å². The Bertz CT molecular complexity index is 969. The maximum Gasteiger partial charge on any atom is 0.407 e. The van der Waals surface area contributed by atoms with Gasteiger partial charge >= 0.3 is 12.1 Å². The molecule has 2 aliphatic rings. The molecule has 1 fully saturated rings. The summed E-state index contributed by atoms with van der Waals surface area (Å²) in [5, 5.41) is 11.7. The summed E-state index contributed by atoms with van der Waals surface area (Å²) < 4.78 is 5.55. The van der Waals surface area contributed by atoms with Gasteiger partial charge in [0.15, 0.2) is 0 Å². The molecule has 0 saturated carbocycles. The van der Waals surface area contributed by atoms with E-state index < -0.39 is 18.0 Å². The summed E-state index contributed by atoms with van der Waals surface area (Å²) in [5.74, 6) is -1.41. The summed E-state index contributed by atoms with van der Waals surface area (Å²) in [7, 11) is 0. The third-order valence-corrected chi connectivity index (χ3v) is 6.50. The van der Waals surface area contributed by atoms with E-state index in [2.05, 4.69) is 29.6 Å². The molecule has 1 unspecified atom stereocenters. The van der Waals surface area contributed by atoms with Crippen molar-refractivity contribution in [2.24, 2.45) is 11.8 Å². The van der Waals surface area contributed by atoms with Gasteiger partial charge in [0.2, 0.25) is 5.91 Å². The van der Waals surface area contributed by atoms with Gasteiger partial charge in [-0.05, 0) is 28.2 Å². The van der Waals surface area contributed by atoms with Gasteiger partial charge in [0, 0.05) is 32.0 Å². The van der Waals surface area contributed by atoms with Crippen LogP contribution in [0.15, 0.2) is 48.5 Å². The first-order valence-electron chi connectivity index (χ1n) is 11.1. The molecule has 2 aromatic carbocycles. The highest BCUT2D eigenvalue weighted by Crippen LogP contribution is 2.44. The number of ether oxygens (including phenoxy) is 1. The zero-order valence-corrected chi connectivity index (χ0v) is 18.1. The molecule has 0 bridgehead atoms. The van der Waals surface area contributed by atoms with Gasteiger partial charge in [-0.25, -0.2) is 4.79 Å². The van der Waals surface area contributed by atoms with Crippen molar-refractivity contribution in [1.82, 2.24) is 10.2 Å². The lowest BCUT2D eigenvalue weighted by atomic mass is 9.96. The average molecular weight is 437 g/mol. The number of hydrogen-bond donors (Lipinski definition) is 2. The number of fused-ring (bicyclic) bond motifs is 3. The molecule has 2 N–H and O–H groups in total. The summed E-state index contributed by atoms with van der Waals surface area (Å²) >= 11 is 0. The first-order valence-corrected chi connectivity index (χ1v) is 11.1. The lowest BCUT2D eigenvalue weighted by Gasteiger charge is -2.37. The zero-order valence-electron chi connectivity index (χ0n) is 18.1. The Morgan fingerprint density at radius 3 is 2.22 bits per heavy atom. The average Bonchev–Trinajstić information content (AvgIpc) is 3.07. The predicted molar refractivity (Wildman–Crippen MR) is 119 cm³/mol. The van der Waals surface area contributed by atoms with Crippen molar-refractivity contribution in [3.05, 3.63) is 59.7 Å². The standard InChI is InChI=1S/C25H28N2O5/c1-2-16(11-23(28)27-13-17(14-27)24(29)30)12-26-25(31)32-15-22-20-9-5-3-7-18(20)19-8-4-6-10-21(19)22/h3-10,16-17,22H,2,11-15H2,1H3,(H,26,31)(H,29,30). The van der Waals surface area contributed by atoms with E-state index in [9.17, 15) is 14.4 Å². The molecule has 168 valence electrons. The third kappa shape index (κ3) is 4.47. The van der Waals surface area contributed by atoms with Crippen LogP contribution >= 0.6 is 0 Å². The van der Waals surface area contributed by atoms with Crippen molar-refractivity contribution in [2.75, 3.05) is 26.2 Å². The Balaban J connectivity index is 1.26. The van der Waals surface area contributed by atoms with Gasteiger partial charge in [0.05, 0.1) is 5.92 Å². The van der Waals surface area contributed by atoms with E-state index in [0.717, 1.165) is 17.5 Å². The van der Waals surface area contributed by atoms with Crippen molar-refractivity contribution in [3.8, 4) is 11.1 Å². The van der Waals surface area contributed by atoms with Crippen molar-refractivity contribution >= 4 is 18.0 Å². The van der Waals surface area contributed by atoms with Crippen molar-refractivity contribution < 1.29 is 24.2 Å². The summed E-state index contributed by atoms with van der Waals surface area (Å²) in [6.45, 7) is 3.09. The van der Waals surface area contributed by atoms with E-state index >= 15 is 0 Å². The smallest absolute Gasteiger partial charge is 0.407 e.